The van der Waals surface area contributed by atoms with Gasteiger partial charge < -0.3 is 10.4 Å². The molecule has 2 N–H and O–H groups in total. The van der Waals surface area contributed by atoms with Crippen molar-refractivity contribution in [2.24, 2.45) is 5.92 Å². The van der Waals surface area contributed by atoms with E-state index in [1.165, 1.54) is 12.1 Å². The van der Waals surface area contributed by atoms with Crippen LogP contribution in [0.2, 0.25) is 5.02 Å². The second-order valence-corrected chi connectivity index (χ2v) is 4.92. The van der Waals surface area contributed by atoms with Crippen molar-refractivity contribution in [2.45, 2.75) is 26.4 Å². The Hall–Kier alpha value is -1.13. The molecule has 18 heavy (non-hydrogen) atoms. The third-order valence-electron chi connectivity index (χ3n) is 2.67. The number of rotatable bonds is 5. The minimum absolute atomic E-state index is 0.0819. The lowest BCUT2D eigenvalue weighted by molar-refractivity contribution is 0.0916. The Kier molecular flexibility index (Phi) is 5.56. The van der Waals surface area contributed by atoms with E-state index in [1.807, 2.05) is 13.8 Å². The van der Waals surface area contributed by atoms with Crippen LogP contribution in [0.4, 0.5) is 4.39 Å². The predicted molar refractivity (Wildman–Crippen MR) is 69.2 cm³/mol. The Balaban J connectivity index is 2.53. The zero-order valence-corrected chi connectivity index (χ0v) is 11.2. The fourth-order valence-corrected chi connectivity index (χ4v) is 1.61. The maximum Gasteiger partial charge on any atom is 0.254 e. The molecule has 3 nitrogen and oxygen atoms in total. The van der Waals surface area contributed by atoms with Gasteiger partial charge in [0.2, 0.25) is 0 Å². The molecule has 0 spiro atoms. The molecule has 1 unspecified atom stereocenters. The number of carbonyl (C=O) groups is 1. The Morgan fingerprint density at radius 1 is 1.50 bits per heavy atom. The van der Waals surface area contributed by atoms with Crippen LogP contribution in [0.5, 0.6) is 0 Å². The summed E-state index contributed by atoms with van der Waals surface area (Å²) in [5.41, 5.74) is -0.0819. The Morgan fingerprint density at radius 2 is 2.17 bits per heavy atom. The largest absolute Gasteiger partial charge is 0.393 e. The first-order valence-corrected chi connectivity index (χ1v) is 6.21. The van der Waals surface area contributed by atoms with Crippen molar-refractivity contribution in [2.75, 3.05) is 6.54 Å². The van der Waals surface area contributed by atoms with Gasteiger partial charge >= 0.3 is 0 Å². The van der Waals surface area contributed by atoms with Crippen LogP contribution in [0.1, 0.15) is 30.6 Å². The molecule has 1 aromatic rings. The Labute approximate surface area is 111 Å². The number of amides is 1. The molecule has 100 valence electrons. The zero-order valence-electron chi connectivity index (χ0n) is 10.4. The molecule has 0 aliphatic rings. The van der Waals surface area contributed by atoms with Gasteiger partial charge in [-0.05, 0) is 30.5 Å². The van der Waals surface area contributed by atoms with E-state index in [4.69, 9.17) is 11.6 Å². The SMILES string of the molecule is CC(C)C(O)CCNC(=O)c1cc(Cl)ccc1F. The van der Waals surface area contributed by atoms with Gasteiger partial charge in [-0.1, -0.05) is 25.4 Å². The molecule has 1 rings (SSSR count). The van der Waals surface area contributed by atoms with Gasteiger partial charge in [-0.25, -0.2) is 4.39 Å². The molecule has 0 aromatic heterocycles. The van der Waals surface area contributed by atoms with Crippen LogP contribution in [-0.4, -0.2) is 23.7 Å². The summed E-state index contributed by atoms with van der Waals surface area (Å²) in [7, 11) is 0. The van der Waals surface area contributed by atoms with E-state index in [9.17, 15) is 14.3 Å². The lowest BCUT2D eigenvalue weighted by Crippen LogP contribution is -2.29. The quantitative estimate of drug-likeness (QED) is 0.866. The summed E-state index contributed by atoms with van der Waals surface area (Å²) in [6.07, 6.45) is -0.0412. The lowest BCUT2D eigenvalue weighted by atomic mass is 10.0. The van der Waals surface area contributed by atoms with Gasteiger partial charge in [-0.2, -0.15) is 0 Å². The summed E-state index contributed by atoms with van der Waals surface area (Å²) in [6.45, 7) is 4.08. The summed E-state index contributed by atoms with van der Waals surface area (Å²) < 4.78 is 13.4. The van der Waals surface area contributed by atoms with Crippen LogP contribution in [0, 0.1) is 11.7 Å². The highest BCUT2D eigenvalue weighted by Gasteiger charge is 2.13. The fraction of sp³-hybridized carbons (Fsp3) is 0.462. The Bertz CT molecular complexity index is 423. The smallest absolute Gasteiger partial charge is 0.254 e. The maximum atomic E-state index is 13.4. The van der Waals surface area contributed by atoms with E-state index in [0.29, 0.717) is 18.0 Å². The standard InChI is InChI=1S/C13H17ClFNO2/c1-8(2)12(17)5-6-16-13(18)10-7-9(14)3-4-11(10)15/h3-4,7-8,12,17H,5-6H2,1-2H3,(H,16,18). The normalized spacial score (nSPS) is 12.6. The molecular formula is C13H17ClFNO2. The highest BCUT2D eigenvalue weighted by atomic mass is 35.5. The van der Waals surface area contributed by atoms with Crippen LogP contribution in [-0.2, 0) is 0 Å². The minimum atomic E-state index is -0.610. The van der Waals surface area contributed by atoms with E-state index >= 15 is 0 Å². The molecule has 0 aliphatic carbocycles. The van der Waals surface area contributed by atoms with Crippen molar-refractivity contribution in [3.8, 4) is 0 Å². The molecular weight excluding hydrogens is 257 g/mol. The monoisotopic (exact) mass is 273 g/mol. The number of nitrogens with one attached hydrogen (secondary N) is 1. The maximum absolute atomic E-state index is 13.4. The second-order valence-electron chi connectivity index (χ2n) is 4.48. The Morgan fingerprint density at radius 3 is 2.78 bits per heavy atom. The van der Waals surface area contributed by atoms with E-state index in [1.54, 1.807) is 0 Å². The van der Waals surface area contributed by atoms with Gasteiger partial charge in [0.05, 0.1) is 11.7 Å². The van der Waals surface area contributed by atoms with E-state index in [-0.39, 0.29) is 11.5 Å². The third kappa shape index (κ3) is 4.27. The van der Waals surface area contributed by atoms with Crippen LogP contribution in [0.25, 0.3) is 0 Å². The second kappa shape index (κ2) is 6.71. The molecule has 1 amide bonds. The number of benzene rings is 1. The lowest BCUT2D eigenvalue weighted by Gasteiger charge is -2.14. The molecule has 0 radical (unpaired) electrons. The number of aliphatic hydroxyl groups excluding tert-OH is 1. The summed E-state index contributed by atoms with van der Waals surface area (Å²) in [4.78, 5) is 11.7. The van der Waals surface area contributed by atoms with Gasteiger partial charge in [-0.15, -0.1) is 0 Å². The van der Waals surface area contributed by atoms with E-state index < -0.39 is 17.8 Å². The van der Waals surface area contributed by atoms with Gasteiger partial charge in [0.1, 0.15) is 5.82 Å². The first kappa shape index (κ1) is 14.9. The average Bonchev–Trinajstić information content (AvgIpc) is 2.31. The van der Waals surface area contributed by atoms with Crippen molar-refractivity contribution in [3.63, 3.8) is 0 Å². The van der Waals surface area contributed by atoms with Crippen molar-refractivity contribution < 1.29 is 14.3 Å². The van der Waals surface area contributed by atoms with Crippen LogP contribution < -0.4 is 5.32 Å². The fourth-order valence-electron chi connectivity index (χ4n) is 1.43. The number of hydrogen-bond donors (Lipinski definition) is 2. The van der Waals surface area contributed by atoms with E-state index in [2.05, 4.69) is 5.32 Å². The number of halogens is 2. The van der Waals surface area contributed by atoms with Crippen LogP contribution in [0.3, 0.4) is 0 Å². The van der Waals surface area contributed by atoms with Gasteiger partial charge in [0.25, 0.3) is 5.91 Å². The number of hydrogen-bond acceptors (Lipinski definition) is 2. The van der Waals surface area contributed by atoms with Crippen molar-refractivity contribution in [1.82, 2.24) is 5.32 Å². The summed E-state index contributed by atoms with van der Waals surface area (Å²) >= 11 is 5.70. The van der Waals surface area contributed by atoms with Crippen LogP contribution in [0.15, 0.2) is 18.2 Å². The summed E-state index contributed by atoms with van der Waals surface area (Å²) in [5.74, 6) is -1.00. The van der Waals surface area contributed by atoms with Crippen molar-refractivity contribution in [1.29, 1.82) is 0 Å². The molecule has 0 saturated carbocycles. The molecule has 0 saturated heterocycles. The third-order valence-corrected chi connectivity index (χ3v) is 2.90. The molecule has 0 fully saturated rings. The van der Waals surface area contributed by atoms with Gasteiger partial charge in [-0.3, -0.25) is 4.79 Å². The highest BCUT2D eigenvalue weighted by molar-refractivity contribution is 6.30. The number of carbonyl (C=O) groups excluding carboxylic acids is 1. The van der Waals surface area contributed by atoms with Crippen LogP contribution >= 0.6 is 11.6 Å². The molecule has 0 heterocycles. The average molecular weight is 274 g/mol. The zero-order chi connectivity index (χ0) is 13.7. The number of aliphatic hydroxyl groups is 1. The summed E-state index contributed by atoms with van der Waals surface area (Å²) in [6, 6.07) is 3.82. The van der Waals surface area contributed by atoms with Gasteiger partial charge in [0, 0.05) is 11.6 Å². The molecule has 1 aromatic carbocycles. The summed E-state index contributed by atoms with van der Waals surface area (Å²) in [5, 5.41) is 12.4. The van der Waals surface area contributed by atoms with E-state index in [0.717, 1.165) is 6.07 Å². The van der Waals surface area contributed by atoms with Gasteiger partial charge in [0.15, 0.2) is 0 Å². The first-order chi connectivity index (χ1) is 8.41. The minimum Gasteiger partial charge on any atom is -0.393 e. The molecule has 5 heteroatoms. The molecule has 0 bridgehead atoms. The first-order valence-electron chi connectivity index (χ1n) is 5.83. The molecule has 0 aliphatic heterocycles. The molecule has 1 atom stereocenters. The topological polar surface area (TPSA) is 49.3 Å². The van der Waals surface area contributed by atoms with Crippen molar-refractivity contribution >= 4 is 17.5 Å². The highest BCUT2D eigenvalue weighted by Crippen LogP contribution is 2.14. The van der Waals surface area contributed by atoms with Crippen molar-refractivity contribution in [3.05, 3.63) is 34.6 Å². The predicted octanol–water partition coefficient (Wildman–Crippen LogP) is 2.62.